The van der Waals surface area contributed by atoms with Crippen molar-refractivity contribution in [1.82, 2.24) is 13.9 Å². The van der Waals surface area contributed by atoms with Crippen LogP contribution in [0.25, 0.3) is 5.52 Å². The van der Waals surface area contributed by atoms with Crippen molar-refractivity contribution in [3.8, 4) is 0 Å². The number of benzene rings is 1. The van der Waals surface area contributed by atoms with Crippen LogP contribution in [-0.4, -0.2) is 41.3 Å². The van der Waals surface area contributed by atoms with Crippen molar-refractivity contribution in [2.45, 2.75) is 17.7 Å². The zero-order chi connectivity index (χ0) is 18.1. The standard InChI is InChI=1S/C18H18N4O3S/c23-18(20-15-8-12-22-16(13-15)7-9-19-22)14-3-5-17(6-4-14)26(24,25)21-10-1-2-11-21/h3-9,12-13H,1-2,10-11H2,(H,20,23). The quantitative estimate of drug-likeness (QED) is 0.764. The first-order chi connectivity index (χ1) is 12.5. The molecular formula is C18H18N4O3S. The van der Waals surface area contributed by atoms with Gasteiger partial charge in [0.1, 0.15) is 0 Å². The van der Waals surface area contributed by atoms with Crippen molar-refractivity contribution in [2.75, 3.05) is 18.4 Å². The summed E-state index contributed by atoms with van der Waals surface area (Å²) in [6.45, 7) is 1.11. The average Bonchev–Trinajstić information content (AvgIpc) is 3.33. The van der Waals surface area contributed by atoms with Gasteiger partial charge in [0, 0.05) is 36.7 Å². The van der Waals surface area contributed by atoms with Crippen molar-refractivity contribution < 1.29 is 13.2 Å². The molecule has 134 valence electrons. The molecule has 1 aliphatic rings. The summed E-state index contributed by atoms with van der Waals surface area (Å²) >= 11 is 0. The van der Waals surface area contributed by atoms with Crippen LogP contribution in [0.3, 0.4) is 0 Å². The Bertz CT molecular complexity index is 1050. The van der Waals surface area contributed by atoms with E-state index in [1.165, 1.54) is 28.6 Å². The lowest BCUT2D eigenvalue weighted by Crippen LogP contribution is -2.27. The molecule has 0 spiro atoms. The molecular weight excluding hydrogens is 352 g/mol. The summed E-state index contributed by atoms with van der Waals surface area (Å²) < 4.78 is 28.2. The van der Waals surface area contributed by atoms with E-state index in [0.29, 0.717) is 24.3 Å². The molecule has 0 unspecified atom stereocenters. The molecule has 1 N–H and O–H groups in total. The fraction of sp³-hybridized carbons (Fsp3) is 0.222. The molecule has 8 heteroatoms. The van der Waals surface area contributed by atoms with Crippen molar-refractivity contribution in [3.63, 3.8) is 0 Å². The Labute approximate surface area is 151 Å². The minimum atomic E-state index is -3.47. The van der Waals surface area contributed by atoms with Gasteiger partial charge in [-0.05, 0) is 55.3 Å². The van der Waals surface area contributed by atoms with Gasteiger partial charge < -0.3 is 5.32 Å². The van der Waals surface area contributed by atoms with Gasteiger partial charge in [0.05, 0.1) is 10.4 Å². The van der Waals surface area contributed by atoms with Gasteiger partial charge in [-0.25, -0.2) is 12.9 Å². The topological polar surface area (TPSA) is 83.8 Å². The molecule has 1 aliphatic heterocycles. The Morgan fingerprint density at radius 2 is 1.77 bits per heavy atom. The lowest BCUT2D eigenvalue weighted by Gasteiger charge is -2.15. The maximum absolute atomic E-state index is 12.5. The second-order valence-corrected chi connectivity index (χ2v) is 8.14. The van der Waals surface area contributed by atoms with Crippen LogP contribution < -0.4 is 5.32 Å². The first kappa shape index (κ1) is 16.7. The van der Waals surface area contributed by atoms with Gasteiger partial charge in [0.25, 0.3) is 5.91 Å². The van der Waals surface area contributed by atoms with Crippen molar-refractivity contribution in [1.29, 1.82) is 0 Å². The molecule has 1 fully saturated rings. The largest absolute Gasteiger partial charge is 0.322 e. The zero-order valence-electron chi connectivity index (χ0n) is 14.0. The van der Waals surface area contributed by atoms with E-state index in [0.717, 1.165) is 18.4 Å². The predicted octanol–water partition coefficient (Wildman–Crippen LogP) is 2.37. The zero-order valence-corrected chi connectivity index (χ0v) is 14.8. The van der Waals surface area contributed by atoms with E-state index >= 15 is 0 Å². The molecule has 0 radical (unpaired) electrons. The molecule has 3 aromatic rings. The summed E-state index contributed by atoms with van der Waals surface area (Å²) in [6.07, 6.45) is 5.22. The number of pyridine rings is 1. The maximum atomic E-state index is 12.5. The second kappa shape index (κ2) is 6.54. The van der Waals surface area contributed by atoms with Crippen LogP contribution in [0.4, 0.5) is 5.69 Å². The van der Waals surface area contributed by atoms with E-state index in [9.17, 15) is 13.2 Å². The van der Waals surface area contributed by atoms with Crippen LogP contribution >= 0.6 is 0 Å². The highest BCUT2D eigenvalue weighted by atomic mass is 32.2. The smallest absolute Gasteiger partial charge is 0.255 e. The minimum Gasteiger partial charge on any atom is -0.322 e. The Kier molecular flexibility index (Phi) is 4.21. The van der Waals surface area contributed by atoms with E-state index in [-0.39, 0.29) is 10.8 Å². The number of sulfonamides is 1. The number of nitrogens with zero attached hydrogens (tertiary/aromatic N) is 3. The highest BCUT2D eigenvalue weighted by Gasteiger charge is 2.27. The third-order valence-corrected chi connectivity index (χ3v) is 6.39. The van der Waals surface area contributed by atoms with Crippen molar-refractivity contribution >= 4 is 27.1 Å². The van der Waals surface area contributed by atoms with E-state index in [1.54, 1.807) is 23.0 Å². The van der Waals surface area contributed by atoms with E-state index in [2.05, 4.69) is 10.4 Å². The summed E-state index contributed by atoms with van der Waals surface area (Å²) in [5, 5.41) is 6.92. The normalized spacial score (nSPS) is 15.4. The van der Waals surface area contributed by atoms with Crippen LogP contribution in [0.1, 0.15) is 23.2 Å². The molecule has 4 rings (SSSR count). The number of rotatable bonds is 4. The van der Waals surface area contributed by atoms with Crippen LogP contribution in [0.15, 0.2) is 59.8 Å². The molecule has 1 saturated heterocycles. The lowest BCUT2D eigenvalue weighted by molar-refractivity contribution is 0.102. The Hall–Kier alpha value is -2.71. The molecule has 1 amide bonds. The first-order valence-electron chi connectivity index (χ1n) is 8.39. The Balaban J connectivity index is 1.51. The maximum Gasteiger partial charge on any atom is 0.255 e. The number of nitrogens with one attached hydrogen (secondary N) is 1. The van der Waals surface area contributed by atoms with Gasteiger partial charge >= 0.3 is 0 Å². The molecule has 0 bridgehead atoms. The van der Waals surface area contributed by atoms with Crippen LogP contribution in [0, 0.1) is 0 Å². The van der Waals surface area contributed by atoms with Gasteiger partial charge in [-0.1, -0.05) is 0 Å². The van der Waals surface area contributed by atoms with E-state index < -0.39 is 10.0 Å². The van der Waals surface area contributed by atoms with Gasteiger partial charge in [0.15, 0.2) is 0 Å². The number of hydrogen-bond acceptors (Lipinski definition) is 4. The summed E-state index contributed by atoms with van der Waals surface area (Å²) in [5.74, 6) is -0.293. The van der Waals surface area contributed by atoms with Gasteiger partial charge in [-0.2, -0.15) is 9.40 Å². The molecule has 3 heterocycles. The molecule has 1 aromatic carbocycles. The third kappa shape index (κ3) is 3.09. The molecule has 0 saturated carbocycles. The highest BCUT2D eigenvalue weighted by Crippen LogP contribution is 2.21. The number of aromatic nitrogens is 2. The summed E-state index contributed by atoms with van der Waals surface area (Å²) in [6, 6.07) is 11.5. The molecule has 0 aliphatic carbocycles. The van der Waals surface area contributed by atoms with Crippen LogP contribution in [0.2, 0.25) is 0 Å². The van der Waals surface area contributed by atoms with Crippen LogP contribution in [-0.2, 0) is 10.0 Å². The number of anilines is 1. The summed E-state index contributed by atoms with van der Waals surface area (Å²) in [7, 11) is -3.47. The summed E-state index contributed by atoms with van der Waals surface area (Å²) in [5.41, 5.74) is 1.92. The monoisotopic (exact) mass is 370 g/mol. The van der Waals surface area contributed by atoms with E-state index in [1.807, 2.05) is 12.1 Å². The number of fused-ring (bicyclic) bond motifs is 1. The first-order valence-corrected chi connectivity index (χ1v) is 9.83. The molecule has 7 nitrogen and oxygen atoms in total. The van der Waals surface area contributed by atoms with Gasteiger partial charge in [-0.15, -0.1) is 0 Å². The second-order valence-electron chi connectivity index (χ2n) is 6.21. The van der Waals surface area contributed by atoms with Crippen LogP contribution in [0.5, 0.6) is 0 Å². The lowest BCUT2D eigenvalue weighted by atomic mass is 10.2. The van der Waals surface area contributed by atoms with Gasteiger partial charge in [-0.3, -0.25) is 4.79 Å². The minimum absolute atomic E-state index is 0.219. The van der Waals surface area contributed by atoms with Crippen molar-refractivity contribution in [3.05, 3.63) is 60.4 Å². The number of carbonyl (C=O) groups is 1. The fourth-order valence-corrected chi connectivity index (χ4v) is 4.58. The van der Waals surface area contributed by atoms with Crippen molar-refractivity contribution in [2.24, 2.45) is 0 Å². The molecule has 0 atom stereocenters. The Morgan fingerprint density at radius 3 is 2.50 bits per heavy atom. The fourth-order valence-electron chi connectivity index (χ4n) is 3.06. The molecule has 2 aromatic heterocycles. The average molecular weight is 370 g/mol. The summed E-state index contributed by atoms with van der Waals surface area (Å²) in [4.78, 5) is 12.6. The predicted molar refractivity (Wildman–Crippen MR) is 97.6 cm³/mol. The number of hydrogen-bond donors (Lipinski definition) is 1. The van der Waals surface area contributed by atoms with Gasteiger partial charge in [0.2, 0.25) is 10.0 Å². The number of carbonyl (C=O) groups excluding carboxylic acids is 1. The number of amides is 1. The highest BCUT2D eigenvalue weighted by molar-refractivity contribution is 7.89. The SMILES string of the molecule is O=C(Nc1ccn2nccc2c1)c1ccc(S(=O)(=O)N2CCCC2)cc1. The van der Waals surface area contributed by atoms with E-state index in [4.69, 9.17) is 0 Å². The third-order valence-electron chi connectivity index (χ3n) is 4.48. The molecule has 26 heavy (non-hydrogen) atoms. The Morgan fingerprint density at radius 1 is 1.04 bits per heavy atom.